The van der Waals surface area contributed by atoms with E-state index in [0.717, 1.165) is 0 Å². The third kappa shape index (κ3) is 2.28. The summed E-state index contributed by atoms with van der Waals surface area (Å²) in [5, 5.41) is 9.08. The molecule has 6 heteroatoms. The van der Waals surface area contributed by atoms with Gasteiger partial charge in [-0.1, -0.05) is 0 Å². The maximum atomic E-state index is 11.7. The van der Waals surface area contributed by atoms with Crippen LogP contribution in [0.15, 0.2) is 18.2 Å². The van der Waals surface area contributed by atoms with E-state index >= 15 is 0 Å². The molecule has 0 aromatic heterocycles. The van der Waals surface area contributed by atoms with Gasteiger partial charge < -0.3 is 14.7 Å². The number of benzene rings is 1. The van der Waals surface area contributed by atoms with Gasteiger partial charge in [0.1, 0.15) is 11.3 Å². The highest BCUT2D eigenvalue weighted by molar-refractivity contribution is 7.81. The highest BCUT2D eigenvalue weighted by atomic mass is 32.1. The van der Waals surface area contributed by atoms with Gasteiger partial charge in [0.15, 0.2) is 0 Å². The molecule has 1 atom stereocenters. The number of rotatable bonds is 3. The number of anilines is 1. The van der Waals surface area contributed by atoms with Crippen LogP contribution in [-0.2, 0) is 4.79 Å². The van der Waals surface area contributed by atoms with Crippen LogP contribution in [0.1, 0.15) is 16.8 Å². The number of methoxy groups -OCH3 is 1. The van der Waals surface area contributed by atoms with Crippen molar-refractivity contribution in [2.24, 2.45) is 0 Å². The number of carboxylic acid groups (broad SMARTS) is 1. The first-order valence-electron chi connectivity index (χ1n) is 5.42. The molecule has 1 aliphatic rings. The molecule has 0 spiro atoms. The zero-order valence-corrected chi connectivity index (χ0v) is 10.7. The highest BCUT2D eigenvalue weighted by Crippen LogP contribution is 2.29. The summed E-state index contributed by atoms with van der Waals surface area (Å²) in [6.45, 7) is 0.493. The summed E-state index contributed by atoms with van der Waals surface area (Å²) in [6.07, 6.45) is 0.373. The van der Waals surface area contributed by atoms with Gasteiger partial charge in [-0.2, -0.15) is 12.6 Å². The minimum absolute atomic E-state index is 0.00659. The zero-order chi connectivity index (χ0) is 13.3. The number of ether oxygens (including phenoxy) is 1. The Morgan fingerprint density at radius 1 is 1.56 bits per heavy atom. The molecule has 1 aromatic rings. The molecule has 1 unspecified atom stereocenters. The molecule has 1 heterocycles. The highest BCUT2D eigenvalue weighted by Gasteiger charge is 2.29. The predicted molar refractivity (Wildman–Crippen MR) is 69.7 cm³/mol. The SMILES string of the molecule is COc1ccc(N2CC(S)CC2=O)cc1C(=O)O. The van der Waals surface area contributed by atoms with Crippen LogP contribution in [0, 0.1) is 0 Å². The number of carbonyl (C=O) groups excluding carboxylic acids is 1. The fourth-order valence-corrected chi connectivity index (χ4v) is 2.29. The van der Waals surface area contributed by atoms with Gasteiger partial charge in [0, 0.05) is 23.9 Å². The van der Waals surface area contributed by atoms with E-state index in [2.05, 4.69) is 12.6 Å². The Kier molecular flexibility index (Phi) is 3.47. The first-order valence-corrected chi connectivity index (χ1v) is 5.94. The van der Waals surface area contributed by atoms with E-state index in [0.29, 0.717) is 18.7 Å². The second kappa shape index (κ2) is 4.89. The number of amides is 1. The van der Waals surface area contributed by atoms with Crippen molar-refractivity contribution < 1.29 is 19.4 Å². The summed E-state index contributed by atoms with van der Waals surface area (Å²) in [4.78, 5) is 24.4. The largest absolute Gasteiger partial charge is 0.496 e. The standard InChI is InChI=1S/C12H13NO4S/c1-17-10-3-2-7(4-9(10)12(15)16)13-6-8(18)5-11(13)14/h2-4,8,18H,5-6H2,1H3,(H,15,16). The lowest BCUT2D eigenvalue weighted by molar-refractivity contribution is -0.117. The van der Waals surface area contributed by atoms with Crippen molar-refractivity contribution in [3.8, 4) is 5.75 Å². The predicted octanol–water partition coefficient (Wildman–Crippen LogP) is 1.43. The summed E-state index contributed by atoms with van der Waals surface area (Å²) >= 11 is 4.26. The average Bonchev–Trinajstić information content (AvgIpc) is 2.67. The summed E-state index contributed by atoms with van der Waals surface area (Å²) < 4.78 is 4.97. The van der Waals surface area contributed by atoms with Crippen LogP contribution in [0.4, 0.5) is 5.69 Å². The van der Waals surface area contributed by atoms with E-state index < -0.39 is 5.97 Å². The third-order valence-electron chi connectivity index (χ3n) is 2.83. The van der Waals surface area contributed by atoms with E-state index in [-0.39, 0.29) is 22.5 Å². The average molecular weight is 267 g/mol. The van der Waals surface area contributed by atoms with Gasteiger partial charge in [0.2, 0.25) is 5.91 Å². The monoisotopic (exact) mass is 267 g/mol. The summed E-state index contributed by atoms with van der Waals surface area (Å²) in [5.74, 6) is -0.848. The van der Waals surface area contributed by atoms with Crippen LogP contribution in [0.2, 0.25) is 0 Å². The van der Waals surface area contributed by atoms with Crippen LogP contribution < -0.4 is 9.64 Å². The molecular weight excluding hydrogens is 254 g/mol. The number of hydrogen-bond acceptors (Lipinski definition) is 4. The number of carboxylic acids is 1. The molecule has 0 radical (unpaired) electrons. The quantitative estimate of drug-likeness (QED) is 0.813. The third-order valence-corrected chi connectivity index (χ3v) is 3.18. The second-order valence-corrected chi connectivity index (χ2v) is 4.78. The van der Waals surface area contributed by atoms with Crippen molar-refractivity contribution >= 4 is 30.2 Å². The molecule has 2 rings (SSSR count). The molecule has 0 bridgehead atoms. The molecule has 1 amide bonds. The number of carbonyl (C=O) groups is 2. The Labute approximate surface area is 110 Å². The smallest absolute Gasteiger partial charge is 0.339 e. The molecule has 5 nitrogen and oxygen atoms in total. The Morgan fingerprint density at radius 3 is 2.78 bits per heavy atom. The van der Waals surface area contributed by atoms with Gasteiger partial charge in [-0.25, -0.2) is 4.79 Å². The second-order valence-electron chi connectivity index (χ2n) is 4.05. The number of thiol groups is 1. The molecule has 1 saturated heterocycles. The number of hydrogen-bond donors (Lipinski definition) is 2. The van der Waals surface area contributed by atoms with Gasteiger partial charge in [0.05, 0.1) is 7.11 Å². The molecule has 1 aromatic carbocycles. The van der Waals surface area contributed by atoms with Gasteiger partial charge in [0.25, 0.3) is 0 Å². The summed E-state index contributed by atoms with van der Waals surface area (Å²) in [7, 11) is 1.41. The van der Waals surface area contributed by atoms with Gasteiger partial charge in [-0.3, -0.25) is 4.79 Å². The number of nitrogens with zero attached hydrogens (tertiary/aromatic N) is 1. The van der Waals surface area contributed by atoms with Gasteiger partial charge >= 0.3 is 5.97 Å². The minimum atomic E-state index is -1.08. The Balaban J connectivity index is 2.38. The summed E-state index contributed by atoms with van der Waals surface area (Å²) in [5.41, 5.74) is 0.611. The van der Waals surface area contributed by atoms with Crippen LogP contribution in [-0.4, -0.2) is 35.9 Å². The summed E-state index contributed by atoms with van der Waals surface area (Å²) in [6, 6.07) is 4.68. The molecule has 18 heavy (non-hydrogen) atoms. The van der Waals surface area contributed by atoms with E-state index in [1.165, 1.54) is 13.2 Å². The first-order chi connectivity index (χ1) is 8.52. The van der Waals surface area contributed by atoms with E-state index in [4.69, 9.17) is 9.84 Å². The van der Waals surface area contributed by atoms with Crippen molar-refractivity contribution in [3.05, 3.63) is 23.8 Å². The lowest BCUT2D eigenvalue weighted by Gasteiger charge is -2.17. The van der Waals surface area contributed by atoms with E-state index in [1.54, 1.807) is 17.0 Å². The van der Waals surface area contributed by atoms with Gasteiger partial charge in [-0.15, -0.1) is 0 Å². The van der Waals surface area contributed by atoms with Crippen molar-refractivity contribution in [1.82, 2.24) is 0 Å². The first kappa shape index (κ1) is 12.8. The van der Waals surface area contributed by atoms with Crippen LogP contribution in [0.5, 0.6) is 5.75 Å². The van der Waals surface area contributed by atoms with Crippen LogP contribution in [0.25, 0.3) is 0 Å². The van der Waals surface area contributed by atoms with Crippen LogP contribution >= 0.6 is 12.6 Å². The molecule has 1 aliphatic heterocycles. The van der Waals surface area contributed by atoms with Crippen molar-refractivity contribution in [3.63, 3.8) is 0 Å². The van der Waals surface area contributed by atoms with E-state index in [9.17, 15) is 9.59 Å². The van der Waals surface area contributed by atoms with E-state index in [1.807, 2.05) is 0 Å². The maximum Gasteiger partial charge on any atom is 0.339 e. The zero-order valence-electron chi connectivity index (χ0n) is 9.79. The maximum absolute atomic E-state index is 11.7. The molecule has 0 aliphatic carbocycles. The molecule has 1 fully saturated rings. The Bertz CT molecular complexity index is 503. The minimum Gasteiger partial charge on any atom is -0.496 e. The normalized spacial score (nSPS) is 19.1. The lowest BCUT2D eigenvalue weighted by Crippen LogP contribution is -2.24. The van der Waals surface area contributed by atoms with Crippen molar-refractivity contribution in [2.45, 2.75) is 11.7 Å². The fourth-order valence-electron chi connectivity index (χ4n) is 1.97. The molecular formula is C12H13NO4S. The molecule has 1 N–H and O–H groups in total. The topological polar surface area (TPSA) is 66.8 Å². The Morgan fingerprint density at radius 2 is 2.28 bits per heavy atom. The number of aromatic carboxylic acids is 1. The van der Waals surface area contributed by atoms with Crippen molar-refractivity contribution in [1.29, 1.82) is 0 Å². The lowest BCUT2D eigenvalue weighted by atomic mass is 10.1. The molecule has 0 saturated carbocycles. The fraction of sp³-hybridized carbons (Fsp3) is 0.333. The Hall–Kier alpha value is -1.69. The van der Waals surface area contributed by atoms with Crippen molar-refractivity contribution in [2.75, 3.05) is 18.6 Å². The van der Waals surface area contributed by atoms with Gasteiger partial charge in [-0.05, 0) is 18.2 Å². The van der Waals surface area contributed by atoms with Crippen LogP contribution in [0.3, 0.4) is 0 Å². The molecule has 96 valence electrons.